The summed E-state index contributed by atoms with van der Waals surface area (Å²) in [6.45, 7) is 1.21. The van der Waals surface area contributed by atoms with Crippen LogP contribution in [-0.2, 0) is 14.8 Å². The van der Waals surface area contributed by atoms with E-state index in [-0.39, 0.29) is 10.8 Å². The number of hydrogen-bond acceptors (Lipinski definition) is 5. The Morgan fingerprint density at radius 3 is 2.86 bits per heavy atom. The van der Waals surface area contributed by atoms with E-state index in [0.717, 1.165) is 6.42 Å². The van der Waals surface area contributed by atoms with Crippen molar-refractivity contribution in [3.63, 3.8) is 0 Å². The van der Waals surface area contributed by atoms with E-state index in [0.29, 0.717) is 37.5 Å². The van der Waals surface area contributed by atoms with Crippen LogP contribution in [0.25, 0.3) is 0 Å². The molecule has 0 fully saturated rings. The number of nitrogens with zero attached hydrogens (tertiary/aromatic N) is 1. The molecule has 22 heavy (non-hydrogen) atoms. The molecular formula is C14H20N4O3S. The average molecular weight is 324 g/mol. The van der Waals surface area contributed by atoms with Crippen molar-refractivity contribution >= 4 is 27.5 Å². The topological polar surface area (TPSA) is 99.7 Å². The number of anilines is 1. The predicted octanol–water partition coefficient (Wildman–Crippen LogP) is 0.705. The maximum absolute atomic E-state index is 12.3. The normalized spacial score (nSPS) is 14.5. The number of benzene rings is 1. The van der Waals surface area contributed by atoms with Crippen LogP contribution >= 0.6 is 0 Å². The smallest absolute Gasteiger partial charge is 0.262 e. The third-order valence-corrected chi connectivity index (χ3v) is 4.54. The summed E-state index contributed by atoms with van der Waals surface area (Å²) >= 11 is 0. The molecule has 0 aromatic heterocycles. The molecule has 8 heteroatoms. The summed E-state index contributed by atoms with van der Waals surface area (Å²) in [4.78, 5) is 15.9. The molecule has 1 aliphatic heterocycles. The summed E-state index contributed by atoms with van der Waals surface area (Å²) in [7, 11) is -1.90. The summed E-state index contributed by atoms with van der Waals surface area (Å²) in [5, 5.41) is 5.56. The number of rotatable bonds is 6. The minimum Gasteiger partial charge on any atom is -0.326 e. The van der Waals surface area contributed by atoms with Crippen LogP contribution in [0.2, 0.25) is 0 Å². The van der Waals surface area contributed by atoms with E-state index in [1.807, 2.05) is 0 Å². The Morgan fingerprint density at radius 2 is 2.18 bits per heavy atom. The fraction of sp³-hybridized carbons (Fsp3) is 0.429. The summed E-state index contributed by atoms with van der Waals surface area (Å²) < 4.78 is 27.1. The minimum absolute atomic E-state index is 0.105. The van der Waals surface area contributed by atoms with Crippen molar-refractivity contribution in [2.24, 2.45) is 4.99 Å². The van der Waals surface area contributed by atoms with Crippen molar-refractivity contribution in [2.45, 2.75) is 24.2 Å². The molecule has 1 aliphatic rings. The summed E-state index contributed by atoms with van der Waals surface area (Å²) in [5.41, 5.74) is 0.456. The standard InChI is InChI=1S/C14H20N4O3S/c1-15-9-7-14(19)17-11-4-2-5-12(10-11)22(20,21)18-13-6-3-8-16-13/h2,4-5,10,15H,3,6-9H2,1H3,(H,16,18)(H,17,19). The van der Waals surface area contributed by atoms with E-state index < -0.39 is 10.0 Å². The molecular weight excluding hydrogens is 304 g/mol. The Morgan fingerprint density at radius 1 is 1.36 bits per heavy atom. The number of amides is 1. The molecule has 1 amide bonds. The molecule has 1 aromatic carbocycles. The number of carbonyl (C=O) groups is 1. The van der Waals surface area contributed by atoms with E-state index in [1.54, 1.807) is 19.2 Å². The Kier molecular flexibility index (Phi) is 5.51. The number of amidine groups is 1. The lowest BCUT2D eigenvalue weighted by Crippen LogP contribution is -2.29. The van der Waals surface area contributed by atoms with Crippen molar-refractivity contribution in [1.29, 1.82) is 0 Å². The van der Waals surface area contributed by atoms with Gasteiger partial charge in [-0.1, -0.05) is 6.07 Å². The lowest BCUT2D eigenvalue weighted by atomic mass is 10.3. The third-order valence-electron chi connectivity index (χ3n) is 3.16. The molecule has 0 bridgehead atoms. The van der Waals surface area contributed by atoms with Gasteiger partial charge < -0.3 is 10.6 Å². The van der Waals surface area contributed by atoms with Crippen LogP contribution < -0.4 is 15.4 Å². The van der Waals surface area contributed by atoms with Crippen LogP contribution in [0.4, 0.5) is 5.69 Å². The summed E-state index contributed by atoms with van der Waals surface area (Å²) in [6, 6.07) is 6.18. The van der Waals surface area contributed by atoms with E-state index in [2.05, 4.69) is 20.3 Å². The zero-order valence-corrected chi connectivity index (χ0v) is 13.2. The van der Waals surface area contributed by atoms with Gasteiger partial charge in [0.25, 0.3) is 10.0 Å². The molecule has 0 unspecified atom stereocenters. The predicted molar refractivity (Wildman–Crippen MR) is 85.5 cm³/mol. The van der Waals surface area contributed by atoms with Gasteiger partial charge in [-0.3, -0.25) is 14.5 Å². The van der Waals surface area contributed by atoms with Crippen molar-refractivity contribution in [1.82, 2.24) is 10.0 Å². The largest absolute Gasteiger partial charge is 0.326 e. The third kappa shape index (κ3) is 4.54. The van der Waals surface area contributed by atoms with Crippen LogP contribution in [0.15, 0.2) is 34.2 Å². The van der Waals surface area contributed by atoms with Gasteiger partial charge in [-0.2, -0.15) is 0 Å². The van der Waals surface area contributed by atoms with Crippen molar-refractivity contribution in [2.75, 3.05) is 25.5 Å². The molecule has 0 saturated heterocycles. The second kappa shape index (κ2) is 7.37. The molecule has 0 aliphatic carbocycles. The first kappa shape index (κ1) is 16.4. The van der Waals surface area contributed by atoms with Crippen LogP contribution in [-0.4, -0.2) is 40.3 Å². The Balaban J connectivity index is 2.08. The van der Waals surface area contributed by atoms with E-state index >= 15 is 0 Å². The van der Waals surface area contributed by atoms with E-state index in [9.17, 15) is 13.2 Å². The Labute approximate surface area is 130 Å². The molecule has 0 saturated carbocycles. The van der Waals surface area contributed by atoms with Crippen LogP contribution in [0.3, 0.4) is 0 Å². The van der Waals surface area contributed by atoms with Gasteiger partial charge in [-0.25, -0.2) is 8.42 Å². The van der Waals surface area contributed by atoms with Crippen molar-refractivity contribution < 1.29 is 13.2 Å². The summed E-state index contributed by atoms with van der Waals surface area (Å²) in [5.74, 6) is 0.320. The maximum atomic E-state index is 12.3. The second-order valence-corrected chi connectivity index (χ2v) is 6.65. The molecule has 0 spiro atoms. The number of nitrogens with one attached hydrogen (secondary N) is 3. The van der Waals surface area contributed by atoms with Gasteiger partial charge in [0.1, 0.15) is 5.84 Å². The van der Waals surface area contributed by atoms with Crippen molar-refractivity contribution in [3.05, 3.63) is 24.3 Å². The first-order chi connectivity index (χ1) is 10.5. The lowest BCUT2D eigenvalue weighted by molar-refractivity contribution is -0.116. The average Bonchev–Trinajstić information content (AvgIpc) is 2.97. The molecule has 0 atom stereocenters. The Hall–Kier alpha value is -1.93. The molecule has 7 nitrogen and oxygen atoms in total. The zero-order chi connectivity index (χ0) is 16.0. The molecule has 0 radical (unpaired) electrons. The molecule has 120 valence electrons. The Bertz CT molecular complexity index is 670. The second-order valence-electron chi connectivity index (χ2n) is 4.97. The quantitative estimate of drug-likeness (QED) is 0.717. The first-order valence-corrected chi connectivity index (χ1v) is 8.60. The highest BCUT2D eigenvalue weighted by Crippen LogP contribution is 2.16. The van der Waals surface area contributed by atoms with E-state index in [4.69, 9.17) is 0 Å². The van der Waals surface area contributed by atoms with Gasteiger partial charge in [-0.15, -0.1) is 0 Å². The molecule has 1 heterocycles. The van der Waals surface area contributed by atoms with Gasteiger partial charge in [0.15, 0.2) is 0 Å². The van der Waals surface area contributed by atoms with Gasteiger partial charge >= 0.3 is 0 Å². The number of aliphatic imine (C=N–C) groups is 1. The number of hydrogen-bond donors (Lipinski definition) is 3. The minimum atomic E-state index is -3.66. The first-order valence-electron chi connectivity index (χ1n) is 7.12. The fourth-order valence-corrected chi connectivity index (χ4v) is 3.17. The monoisotopic (exact) mass is 324 g/mol. The highest BCUT2D eigenvalue weighted by Gasteiger charge is 2.18. The highest BCUT2D eigenvalue weighted by molar-refractivity contribution is 7.90. The zero-order valence-electron chi connectivity index (χ0n) is 12.4. The van der Waals surface area contributed by atoms with Gasteiger partial charge in [0.2, 0.25) is 5.91 Å². The maximum Gasteiger partial charge on any atom is 0.262 e. The van der Waals surface area contributed by atoms with Gasteiger partial charge in [-0.05, 0) is 31.7 Å². The SMILES string of the molecule is CNCCC(=O)Nc1cccc(S(=O)(=O)NC2=NCCC2)c1. The fourth-order valence-electron chi connectivity index (χ4n) is 2.04. The summed E-state index contributed by atoms with van der Waals surface area (Å²) in [6.07, 6.45) is 1.82. The van der Waals surface area contributed by atoms with Crippen LogP contribution in [0, 0.1) is 0 Å². The number of sulfonamides is 1. The van der Waals surface area contributed by atoms with E-state index in [1.165, 1.54) is 12.1 Å². The van der Waals surface area contributed by atoms with Crippen LogP contribution in [0.1, 0.15) is 19.3 Å². The lowest BCUT2D eigenvalue weighted by Gasteiger charge is -2.10. The van der Waals surface area contributed by atoms with Crippen molar-refractivity contribution in [3.8, 4) is 0 Å². The molecule has 1 aromatic rings. The molecule has 3 N–H and O–H groups in total. The molecule has 2 rings (SSSR count). The van der Waals surface area contributed by atoms with Gasteiger partial charge in [0, 0.05) is 31.6 Å². The number of carbonyl (C=O) groups excluding carboxylic acids is 1. The highest BCUT2D eigenvalue weighted by atomic mass is 32.2. The van der Waals surface area contributed by atoms with Gasteiger partial charge in [0.05, 0.1) is 4.90 Å². The van der Waals surface area contributed by atoms with Crippen LogP contribution in [0.5, 0.6) is 0 Å².